The SMILES string of the molecule is CC(C)c1nc(CC(=O)Nc2ccc(F)cc2)cs1. The summed E-state index contributed by atoms with van der Waals surface area (Å²) in [5.41, 5.74) is 1.36. The fourth-order valence-electron chi connectivity index (χ4n) is 1.57. The number of anilines is 1. The summed E-state index contributed by atoms with van der Waals surface area (Å²) < 4.78 is 12.7. The minimum Gasteiger partial charge on any atom is -0.326 e. The van der Waals surface area contributed by atoms with E-state index in [9.17, 15) is 9.18 Å². The van der Waals surface area contributed by atoms with E-state index in [1.165, 1.54) is 24.3 Å². The van der Waals surface area contributed by atoms with Crippen LogP contribution in [-0.4, -0.2) is 10.9 Å². The molecule has 0 radical (unpaired) electrons. The average Bonchev–Trinajstić information content (AvgIpc) is 2.80. The van der Waals surface area contributed by atoms with Crippen LogP contribution in [0.5, 0.6) is 0 Å². The Kier molecular flexibility index (Phi) is 4.27. The molecule has 0 aliphatic heterocycles. The second-order valence-corrected chi connectivity index (χ2v) is 5.45. The van der Waals surface area contributed by atoms with Crippen molar-refractivity contribution >= 4 is 22.9 Å². The fourth-order valence-corrected chi connectivity index (χ4v) is 2.41. The van der Waals surface area contributed by atoms with Crippen LogP contribution in [0.15, 0.2) is 29.6 Å². The standard InChI is InChI=1S/C14H15FN2OS/c1-9(2)14-17-12(8-19-14)7-13(18)16-11-5-3-10(15)4-6-11/h3-6,8-9H,7H2,1-2H3,(H,16,18). The minimum atomic E-state index is -0.320. The highest BCUT2D eigenvalue weighted by molar-refractivity contribution is 7.09. The molecule has 0 unspecified atom stereocenters. The number of aromatic nitrogens is 1. The highest BCUT2D eigenvalue weighted by Gasteiger charge is 2.10. The average molecular weight is 278 g/mol. The number of benzene rings is 1. The number of rotatable bonds is 4. The number of carbonyl (C=O) groups is 1. The van der Waals surface area contributed by atoms with Crippen LogP contribution in [0.3, 0.4) is 0 Å². The molecule has 19 heavy (non-hydrogen) atoms. The van der Waals surface area contributed by atoms with Crippen molar-refractivity contribution in [2.24, 2.45) is 0 Å². The van der Waals surface area contributed by atoms with Crippen molar-refractivity contribution in [2.75, 3.05) is 5.32 Å². The summed E-state index contributed by atoms with van der Waals surface area (Å²) in [7, 11) is 0. The zero-order chi connectivity index (χ0) is 13.8. The topological polar surface area (TPSA) is 42.0 Å². The normalized spacial score (nSPS) is 10.7. The quantitative estimate of drug-likeness (QED) is 0.928. The Hall–Kier alpha value is -1.75. The molecule has 0 spiro atoms. The van der Waals surface area contributed by atoms with Gasteiger partial charge < -0.3 is 5.32 Å². The molecule has 0 atom stereocenters. The van der Waals surface area contributed by atoms with Gasteiger partial charge in [0.2, 0.25) is 5.91 Å². The van der Waals surface area contributed by atoms with Crippen LogP contribution in [0.25, 0.3) is 0 Å². The molecule has 0 aliphatic rings. The molecule has 1 heterocycles. The molecule has 0 saturated heterocycles. The largest absolute Gasteiger partial charge is 0.326 e. The Labute approximate surface area is 115 Å². The maximum Gasteiger partial charge on any atom is 0.230 e. The molecular formula is C14H15FN2OS. The van der Waals surface area contributed by atoms with Gasteiger partial charge in [0.05, 0.1) is 17.1 Å². The lowest BCUT2D eigenvalue weighted by Crippen LogP contribution is -2.14. The number of nitrogens with zero attached hydrogens (tertiary/aromatic N) is 1. The molecule has 1 aromatic carbocycles. The Bertz CT molecular complexity index is 563. The molecule has 1 N–H and O–H groups in total. The molecule has 2 aromatic rings. The van der Waals surface area contributed by atoms with Crippen LogP contribution in [0.1, 0.15) is 30.5 Å². The first kappa shape index (κ1) is 13.7. The van der Waals surface area contributed by atoms with E-state index in [4.69, 9.17) is 0 Å². The third kappa shape index (κ3) is 3.86. The Morgan fingerprint density at radius 2 is 2.05 bits per heavy atom. The summed E-state index contributed by atoms with van der Waals surface area (Å²) in [6.45, 7) is 4.14. The van der Waals surface area contributed by atoms with E-state index in [0.717, 1.165) is 10.7 Å². The van der Waals surface area contributed by atoms with Gasteiger partial charge in [0.15, 0.2) is 0 Å². The van der Waals surface area contributed by atoms with E-state index in [1.54, 1.807) is 11.3 Å². The monoisotopic (exact) mass is 278 g/mol. The van der Waals surface area contributed by atoms with Gasteiger partial charge in [-0.1, -0.05) is 13.8 Å². The number of halogens is 1. The van der Waals surface area contributed by atoms with Crippen LogP contribution in [-0.2, 0) is 11.2 Å². The predicted octanol–water partition coefficient (Wildman–Crippen LogP) is 3.59. The second-order valence-electron chi connectivity index (χ2n) is 4.56. The summed E-state index contributed by atoms with van der Waals surface area (Å²) in [5, 5.41) is 5.65. The van der Waals surface area contributed by atoms with Crippen molar-refractivity contribution in [2.45, 2.75) is 26.2 Å². The number of amides is 1. The van der Waals surface area contributed by atoms with Crippen molar-refractivity contribution in [1.29, 1.82) is 0 Å². The number of thiazole rings is 1. The van der Waals surface area contributed by atoms with E-state index in [1.807, 2.05) is 5.38 Å². The van der Waals surface area contributed by atoms with Crippen molar-refractivity contribution in [3.8, 4) is 0 Å². The smallest absolute Gasteiger partial charge is 0.230 e. The molecular weight excluding hydrogens is 263 g/mol. The van der Waals surface area contributed by atoms with Gasteiger partial charge in [-0.3, -0.25) is 4.79 Å². The molecule has 1 amide bonds. The van der Waals surface area contributed by atoms with Crippen LogP contribution in [0.4, 0.5) is 10.1 Å². The highest BCUT2D eigenvalue weighted by atomic mass is 32.1. The molecule has 0 aliphatic carbocycles. The van der Waals surface area contributed by atoms with Gasteiger partial charge in [0.1, 0.15) is 5.82 Å². The molecule has 2 rings (SSSR count). The number of hydrogen-bond acceptors (Lipinski definition) is 3. The number of carbonyl (C=O) groups excluding carboxylic acids is 1. The lowest BCUT2D eigenvalue weighted by Gasteiger charge is -2.03. The summed E-state index contributed by atoms with van der Waals surface area (Å²) in [5.74, 6) is -0.0924. The highest BCUT2D eigenvalue weighted by Crippen LogP contribution is 2.19. The van der Waals surface area contributed by atoms with Crippen LogP contribution >= 0.6 is 11.3 Å². The summed E-state index contributed by atoms with van der Waals surface area (Å²) in [6.07, 6.45) is 0.237. The molecule has 1 aromatic heterocycles. The third-order valence-corrected chi connectivity index (χ3v) is 3.73. The first-order valence-corrected chi connectivity index (χ1v) is 6.92. The summed E-state index contributed by atoms with van der Waals surface area (Å²) in [6, 6.07) is 5.70. The summed E-state index contributed by atoms with van der Waals surface area (Å²) in [4.78, 5) is 16.2. The maximum atomic E-state index is 12.7. The van der Waals surface area contributed by atoms with Gasteiger partial charge in [0.25, 0.3) is 0 Å². The van der Waals surface area contributed by atoms with E-state index in [2.05, 4.69) is 24.1 Å². The van der Waals surface area contributed by atoms with Gasteiger partial charge in [0, 0.05) is 17.0 Å². The molecule has 5 heteroatoms. The van der Waals surface area contributed by atoms with Crippen molar-refractivity contribution in [1.82, 2.24) is 4.98 Å². The van der Waals surface area contributed by atoms with E-state index < -0.39 is 0 Å². The fraction of sp³-hybridized carbons (Fsp3) is 0.286. The van der Waals surface area contributed by atoms with Gasteiger partial charge >= 0.3 is 0 Å². The zero-order valence-corrected chi connectivity index (χ0v) is 11.6. The van der Waals surface area contributed by atoms with Gasteiger partial charge in [-0.15, -0.1) is 11.3 Å². The molecule has 0 saturated carbocycles. The van der Waals surface area contributed by atoms with Crippen molar-refractivity contribution in [3.05, 3.63) is 46.2 Å². The Morgan fingerprint density at radius 1 is 1.37 bits per heavy atom. The van der Waals surface area contributed by atoms with E-state index >= 15 is 0 Å². The van der Waals surface area contributed by atoms with E-state index in [0.29, 0.717) is 11.6 Å². The zero-order valence-electron chi connectivity index (χ0n) is 10.8. The van der Waals surface area contributed by atoms with Gasteiger partial charge in [-0.25, -0.2) is 9.37 Å². The lowest BCUT2D eigenvalue weighted by molar-refractivity contribution is -0.115. The van der Waals surface area contributed by atoms with Crippen LogP contribution in [0, 0.1) is 5.82 Å². The molecule has 100 valence electrons. The molecule has 0 fully saturated rings. The predicted molar refractivity (Wildman–Crippen MR) is 74.9 cm³/mol. The lowest BCUT2D eigenvalue weighted by atomic mass is 10.2. The van der Waals surface area contributed by atoms with Crippen LogP contribution in [0.2, 0.25) is 0 Å². The Balaban J connectivity index is 1.95. The first-order chi connectivity index (χ1) is 9.04. The Morgan fingerprint density at radius 3 is 2.63 bits per heavy atom. The minimum absolute atomic E-state index is 0.146. The summed E-state index contributed by atoms with van der Waals surface area (Å²) >= 11 is 1.57. The van der Waals surface area contributed by atoms with Gasteiger partial charge in [-0.05, 0) is 24.3 Å². The molecule has 0 bridgehead atoms. The van der Waals surface area contributed by atoms with Crippen molar-refractivity contribution < 1.29 is 9.18 Å². The molecule has 3 nitrogen and oxygen atoms in total. The van der Waals surface area contributed by atoms with Gasteiger partial charge in [-0.2, -0.15) is 0 Å². The number of hydrogen-bond donors (Lipinski definition) is 1. The maximum absolute atomic E-state index is 12.7. The van der Waals surface area contributed by atoms with Crippen molar-refractivity contribution in [3.63, 3.8) is 0 Å². The first-order valence-electron chi connectivity index (χ1n) is 6.04. The van der Waals surface area contributed by atoms with E-state index in [-0.39, 0.29) is 18.1 Å². The van der Waals surface area contributed by atoms with Crippen LogP contribution < -0.4 is 5.32 Å². The number of nitrogens with one attached hydrogen (secondary N) is 1. The third-order valence-electron chi connectivity index (χ3n) is 2.53. The second kappa shape index (κ2) is 5.93.